The molecule has 78 valence electrons. The first-order chi connectivity index (χ1) is 7.08. The number of halogens is 2. The highest BCUT2D eigenvalue weighted by molar-refractivity contribution is 7.77. The Labute approximate surface area is 98.3 Å². The van der Waals surface area contributed by atoms with Crippen LogP contribution in [0.2, 0.25) is 10.3 Å². The summed E-state index contributed by atoms with van der Waals surface area (Å²) in [6.45, 7) is 1.59. The van der Waals surface area contributed by atoms with Crippen LogP contribution < -0.4 is 0 Å². The summed E-state index contributed by atoms with van der Waals surface area (Å²) in [5.74, 6) is 1.89. The second kappa shape index (κ2) is 4.17. The molecule has 0 saturated heterocycles. The van der Waals surface area contributed by atoms with Gasteiger partial charge < -0.3 is 0 Å². The summed E-state index contributed by atoms with van der Waals surface area (Å²) in [5.41, 5.74) is 1.65. The van der Waals surface area contributed by atoms with Crippen LogP contribution in [0.4, 0.5) is 0 Å². The van der Waals surface area contributed by atoms with Crippen molar-refractivity contribution in [1.82, 2.24) is 9.97 Å². The molecular weight excluding hydrogens is 254 g/mol. The number of carbonyl (C=O) groups is 1. The van der Waals surface area contributed by atoms with Crippen molar-refractivity contribution in [2.24, 2.45) is 0 Å². The van der Waals surface area contributed by atoms with Crippen molar-refractivity contribution < 1.29 is 4.79 Å². The minimum atomic E-state index is -0.763. The van der Waals surface area contributed by atoms with Crippen LogP contribution in [0.3, 0.4) is 0 Å². The molecule has 1 atom stereocenters. The van der Waals surface area contributed by atoms with Crippen molar-refractivity contribution in [2.45, 2.75) is 13.1 Å². The minimum absolute atomic E-state index is 0.180. The predicted octanol–water partition coefficient (Wildman–Crippen LogP) is 3.30. The summed E-state index contributed by atoms with van der Waals surface area (Å²) < 4.78 is 0. The van der Waals surface area contributed by atoms with Gasteiger partial charge in [0.2, 0.25) is 0 Å². The van der Waals surface area contributed by atoms with Gasteiger partial charge in [0.1, 0.15) is 0 Å². The van der Waals surface area contributed by atoms with Gasteiger partial charge in [0.15, 0.2) is 15.8 Å². The van der Waals surface area contributed by atoms with Gasteiger partial charge in [0.25, 0.3) is 0 Å². The van der Waals surface area contributed by atoms with E-state index in [1.807, 2.05) is 5.82 Å². The monoisotopic (exact) mass is 260 g/mol. The lowest BCUT2D eigenvalue weighted by atomic mass is 10.3. The van der Waals surface area contributed by atoms with Gasteiger partial charge >= 0.3 is 0 Å². The van der Waals surface area contributed by atoms with Crippen molar-refractivity contribution in [3.8, 4) is 0 Å². The number of fused-ring (bicyclic) bond motifs is 1. The fourth-order valence-electron chi connectivity index (χ4n) is 1.28. The Morgan fingerprint density at radius 1 is 1.40 bits per heavy atom. The summed E-state index contributed by atoms with van der Waals surface area (Å²) in [6, 6.07) is 0. The van der Waals surface area contributed by atoms with E-state index in [9.17, 15) is 4.79 Å². The molecule has 2 rings (SSSR count). The molecule has 1 aromatic heterocycles. The molecule has 1 aliphatic heterocycles. The molecule has 0 amide bonds. The van der Waals surface area contributed by atoms with E-state index in [-0.39, 0.29) is 15.8 Å². The highest BCUT2D eigenvalue weighted by Crippen LogP contribution is 2.46. The third kappa shape index (κ3) is 2.20. The Balaban J connectivity index is 2.42. The summed E-state index contributed by atoms with van der Waals surface area (Å²) in [6.07, 6.45) is 2.40. The average Bonchev–Trinajstić information content (AvgIpc) is 2.19. The van der Waals surface area contributed by atoms with Gasteiger partial charge in [-0.1, -0.05) is 29.0 Å². The second-order valence-electron chi connectivity index (χ2n) is 3.10. The van der Waals surface area contributed by atoms with Crippen LogP contribution >= 0.6 is 31.1 Å². The van der Waals surface area contributed by atoms with Crippen LogP contribution in [0, 0.1) is 0 Å². The van der Waals surface area contributed by atoms with Gasteiger partial charge in [0.05, 0.1) is 11.4 Å². The van der Waals surface area contributed by atoms with Crippen molar-refractivity contribution in [2.75, 3.05) is 0 Å². The first-order valence-corrected chi connectivity index (χ1v) is 6.60. The second-order valence-corrected chi connectivity index (χ2v) is 6.00. The predicted molar refractivity (Wildman–Crippen MR) is 62.4 cm³/mol. The Bertz CT molecular complexity index is 462. The minimum Gasteiger partial charge on any atom is -0.295 e. The van der Waals surface area contributed by atoms with Crippen molar-refractivity contribution in [3.05, 3.63) is 27.5 Å². The maximum Gasteiger partial charge on any atom is 0.167 e. The highest BCUT2D eigenvalue weighted by atomic mass is 35.5. The Morgan fingerprint density at radius 3 is 2.73 bits per heavy atom. The summed E-state index contributed by atoms with van der Waals surface area (Å²) in [5, 5.41) is 0.401. The molecule has 0 fully saturated rings. The van der Waals surface area contributed by atoms with Gasteiger partial charge in [-0.2, -0.15) is 0 Å². The Morgan fingerprint density at radius 2 is 2.07 bits per heavy atom. The molecule has 0 N–H and O–H groups in total. The van der Waals surface area contributed by atoms with Gasteiger partial charge in [0, 0.05) is 6.16 Å². The molecule has 2 heterocycles. The van der Waals surface area contributed by atoms with Crippen LogP contribution in [0.15, 0.2) is 5.82 Å². The highest BCUT2D eigenvalue weighted by Gasteiger charge is 2.20. The van der Waals surface area contributed by atoms with Crippen LogP contribution in [0.25, 0.3) is 6.08 Å². The van der Waals surface area contributed by atoms with E-state index in [4.69, 9.17) is 23.2 Å². The Kier molecular flexibility index (Phi) is 3.06. The summed E-state index contributed by atoms with van der Waals surface area (Å²) >= 11 is 11.5. The molecule has 15 heavy (non-hydrogen) atoms. The van der Waals surface area contributed by atoms with Crippen LogP contribution in [-0.2, 0) is 11.0 Å². The number of nitrogens with zero attached hydrogens (tertiary/aromatic N) is 2. The van der Waals surface area contributed by atoms with E-state index in [2.05, 4.69) is 9.97 Å². The summed E-state index contributed by atoms with van der Waals surface area (Å²) in [7, 11) is -0.763. The molecule has 0 aromatic carbocycles. The normalized spacial score (nSPS) is 18.7. The van der Waals surface area contributed by atoms with E-state index in [1.165, 1.54) is 0 Å². The van der Waals surface area contributed by atoms with Crippen LogP contribution in [0.1, 0.15) is 18.3 Å². The smallest absolute Gasteiger partial charge is 0.167 e. The number of rotatable bonds is 1. The topological polar surface area (TPSA) is 42.9 Å². The van der Waals surface area contributed by atoms with Gasteiger partial charge in [-0.05, 0) is 20.9 Å². The largest absolute Gasteiger partial charge is 0.295 e. The third-order valence-electron chi connectivity index (χ3n) is 2.05. The van der Waals surface area contributed by atoms with Gasteiger partial charge in [-0.25, -0.2) is 9.97 Å². The fraction of sp³-hybridized carbons (Fsp3) is 0.222. The third-order valence-corrected chi connectivity index (χ3v) is 4.64. The first kappa shape index (κ1) is 11.0. The molecule has 0 radical (unpaired) electrons. The maximum atomic E-state index is 11.2. The SMILES string of the molecule is CC(=O)P1C=Cc2nc(Cl)c(Cl)nc2C1. The summed E-state index contributed by atoms with van der Waals surface area (Å²) in [4.78, 5) is 19.5. The van der Waals surface area contributed by atoms with E-state index in [1.54, 1.807) is 13.0 Å². The average molecular weight is 261 g/mol. The van der Waals surface area contributed by atoms with Gasteiger partial charge in [-0.3, -0.25) is 4.79 Å². The molecule has 1 aromatic rings. The lowest BCUT2D eigenvalue weighted by Gasteiger charge is -2.15. The standard InChI is InChI=1S/C9H7Cl2N2OP/c1-5(14)15-3-2-6-7(4-15)13-9(11)8(10)12-6/h2-3H,4H2,1H3. The lowest BCUT2D eigenvalue weighted by Crippen LogP contribution is -2.03. The van der Waals surface area contributed by atoms with E-state index < -0.39 is 7.92 Å². The van der Waals surface area contributed by atoms with Crippen molar-refractivity contribution in [1.29, 1.82) is 0 Å². The number of carbonyl (C=O) groups excluding carboxylic acids is 1. The van der Waals surface area contributed by atoms with Crippen LogP contribution in [-0.4, -0.2) is 15.5 Å². The zero-order chi connectivity index (χ0) is 11.0. The molecule has 3 nitrogen and oxygen atoms in total. The molecule has 0 aliphatic carbocycles. The molecule has 1 aliphatic rings. The molecule has 0 saturated carbocycles. The van der Waals surface area contributed by atoms with E-state index >= 15 is 0 Å². The molecule has 1 unspecified atom stereocenters. The molecule has 0 spiro atoms. The zero-order valence-electron chi connectivity index (χ0n) is 7.87. The van der Waals surface area contributed by atoms with Crippen molar-refractivity contribution in [3.63, 3.8) is 0 Å². The van der Waals surface area contributed by atoms with Gasteiger partial charge in [-0.15, -0.1) is 0 Å². The molecular formula is C9H7Cl2N2OP. The van der Waals surface area contributed by atoms with E-state index in [0.717, 1.165) is 5.69 Å². The lowest BCUT2D eigenvalue weighted by molar-refractivity contribution is -0.109. The fourth-order valence-corrected chi connectivity index (χ4v) is 2.97. The first-order valence-electron chi connectivity index (χ1n) is 4.25. The quantitative estimate of drug-likeness (QED) is 0.728. The number of hydrogen-bond acceptors (Lipinski definition) is 3. The number of hydrogen-bond donors (Lipinski definition) is 0. The number of aromatic nitrogens is 2. The van der Waals surface area contributed by atoms with Crippen LogP contribution in [0.5, 0.6) is 0 Å². The maximum absolute atomic E-state index is 11.2. The molecule has 0 bridgehead atoms. The van der Waals surface area contributed by atoms with Crippen molar-refractivity contribution >= 4 is 42.7 Å². The molecule has 6 heteroatoms. The zero-order valence-corrected chi connectivity index (χ0v) is 10.3. The Hall–Kier alpha value is -0.500. The van der Waals surface area contributed by atoms with E-state index in [0.29, 0.717) is 11.9 Å².